The topological polar surface area (TPSA) is 18.5 Å². The molecular formula is C14H29N3. The predicted molar refractivity (Wildman–Crippen MR) is 73.3 cm³/mol. The molecule has 0 aromatic carbocycles. The molecule has 0 amide bonds. The lowest BCUT2D eigenvalue weighted by Gasteiger charge is -2.33. The van der Waals surface area contributed by atoms with E-state index >= 15 is 0 Å². The van der Waals surface area contributed by atoms with Crippen molar-refractivity contribution in [3.8, 4) is 0 Å². The maximum atomic E-state index is 3.41. The van der Waals surface area contributed by atoms with Gasteiger partial charge in [-0.25, -0.2) is 0 Å². The van der Waals surface area contributed by atoms with Gasteiger partial charge in [0, 0.05) is 25.2 Å². The minimum absolute atomic E-state index is 0.732. The largest absolute Gasteiger partial charge is 0.317 e. The van der Waals surface area contributed by atoms with Gasteiger partial charge in [0.2, 0.25) is 0 Å². The number of nitrogens with zero attached hydrogens (tertiary/aromatic N) is 2. The summed E-state index contributed by atoms with van der Waals surface area (Å²) < 4.78 is 0. The third-order valence-corrected chi connectivity index (χ3v) is 4.56. The van der Waals surface area contributed by atoms with Crippen LogP contribution >= 0.6 is 0 Å². The van der Waals surface area contributed by atoms with E-state index in [9.17, 15) is 0 Å². The first-order chi connectivity index (χ1) is 8.19. The Morgan fingerprint density at radius 2 is 1.82 bits per heavy atom. The quantitative estimate of drug-likeness (QED) is 0.800. The second-order valence-electron chi connectivity index (χ2n) is 6.11. The Hall–Kier alpha value is -0.120. The van der Waals surface area contributed by atoms with Crippen molar-refractivity contribution < 1.29 is 0 Å². The van der Waals surface area contributed by atoms with E-state index in [0.29, 0.717) is 0 Å². The fraction of sp³-hybridized carbons (Fsp3) is 1.00. The molecule has 2 fully saturated rings. The Bertz CT molecular complexity index is 222. The zero-order chi connectivity index (χ0) is 12.3. The van der Waals surface area contributed by atoms with Crippen molar-refractivity contribution >= 4 is 0 Å². The molecule has 3 heteroatoms. The fourth-order valence-corrected chi connectivity index (χ4v) is 3.25. The molecule has 2 heterocycles. The van der Waals surface area contributed by atoms with Gasteiger partial charge < -0.3 is 15.1 Å². The summed E-state index contributed by atoms with van der Waals surface area (Å²) >= 11 is 0. The molecule has 0 spiro atoms. The second-order valence-corrected chi connectivity index (χ2v) is 6.11. The van der Waals surface area contributed by atoms with Crippen molar-refractivity contribution in [2.45, 2.75) is 45.2 Å². The summed E-state index contributed by atoms with van der Waals surface area (Å²) in [7, 11) is 2.10. The molecule has 0 aliphatic carbocycles. The third kappa shape index (κ3) is 3.67. The molecule has 0 radical (unpaired) electrons. The van der Waals surface area contributed by atoms with Crippen LogP contribution in [0.25, 0.3) is 0 Å². The van der Waals surface area contributed by atoms with Crippen LogP contribution in [0.5, 0.6) is 0 Å². The highest BCUT2D eigenvalue weighted by Crippen LogP contribution is 2.21. The highest BCUT2D eigenvalue weighted by atomic mass is 15.2. The standard InChI is InChI=1S/C14H29N3/c1-12(2)17-9-4-13(11-17)10-16-7-5-14(15-3)6-8-16/h12-15H,4-11H2,1-3H3. The SMILES string of the molecule is CNC1CCN(CC2CCN(C(C)C)C2)CC1. The predicted octanol–water partition coefficient (Wildman–Crippen LogP) is 1.40. The van der Waals surface area contributed by atoms with Gasteiger partial charge in [0.25, 0.3) is 0 Å². The molecule has 1 N–H and O–H groups in total. The van der Waals surface area contributed by atoms with Gasteiger partial charge in [0.1, 0.15) is 0 Å². The molecule has 1 unspecified atom stereocenters. The van der Waals surface area contributed by atoms with Gasteiger partial charge >= 0.3 is 0 Å². The first-order valence-corrected chi connectivity index (χ1v) is 7.32. The number of piperidine rings is 1. The lowest BCUT2D eigenvalue weighted by Crippen LogP contribution is -2.43. The Morgan fingerprint density at radius 1 is 1.12 bits per heavy atom. The van der Waals surface area contributed by atoms with Crippen LogP contribution < -0.4 is 5.32 Å². The van der Waals surface area contributed by atoms with Crippen LogP contribution in [-0.4, -0.2) is 61.7 Å². The summed E-state index contributed by atoms with van der Waals surface area (Å²) in [5.74, 6) is 0.920. The average Bonchev–Trinajstić information content (AvgIpc) is 2.79. The molecule has 0 aromatic rings. The number of rotatable bonds is 4. The van der Waals surface area contributed by atoms with Gasteiger partial charge in [-0.2, -0.15) is 0 Å². The van der Waals surface area contributed by atoms with Crippen molar-refractivity contribution in [1.82, 2.24) is 15.1 Å². The Labute approximate surface area is 107 Å². The Balaban J connectivity index is 1.69. The number of hydrogen-bond acceptors (Lipinski definition) is 3. The Kier molecular flexibility index (Phi) is 4.83. The third-order valence-electron chi connectivity index (χ3n) is 4.56. The van der Waals surface area contributed by atoms with Crippen molar-refractivity contribution in [3.05, 3.63) is 0 Å². The van der Waals surface area contributed by atoms with E-state index in [1.165, 1.54) is 52.0 Å². The summed E-state index contributed by atoms with van der Waals surface area (Å²) in [5.41, 5.74) is 0. The van der Waals surface area contributed by atoms with Crippen molar-refractivity contribution in [2.75, 3.05) is 39.8 Å². The second kappa shape index (κ2) is 6.17. The number of hydrogen-bond donors (Lipinski definition) is 1. The molecule has 2 rings (SSSR count). The van der Waals surface area contributed by atoms with Crippen LogP contribution in [0, 0.1) is 5.92 Å². The van der Waals surface area contributed by atoms with Gasteiger partial charge in [-0.05, 0) is 65.7 Å². The molecule has 2 aliphatic heterocycles. The van der Waals surface area contributed by atoms with Gasteiger partial charge in [-0.1, -0.05) is 0 Å². The van der Waals surface area contributed by atoms with Crippen LogP contribution in [0.15, 0.2) is 0 Å². The maximum Gasteiger partial charge on any atom is 0.00884 e. The first-order valence-electron chi connectivity index (χ1n) is 7.32. The van der Waals surface area contributed by atoms with E-state index in [4.69, 9.17) is 0 Å². The fourth-order valence-electron chi connectivity index (χ4n) is 3.25. The van der Waals surface area contributed by atoms with Crippen molar-refractivity contribution in [1.29, 1.82) is 0 Å². The normalized spacial score (nSPS) is 29.3. The minimum atomic E-state index is 0.732. The van der Waals surface area contributed by atoms with Crippen LogP contribution in [0.4, 0.5) is 0 Å². The zero-order valence-corrected chi connectivity index (χ0v) is 11.8. The average molecular weight is 239 g/mol. The number of likely N-dealkylation sites (tertiary alicyclic amines) is 2. The molecule has 0 aromatic heterocycles. The molecule has 0 bridgehead atoms. The molecular weight excluding hydrogens is 210 g/mol. The Morgan fingerprint density at radius 3 is 2.35 bits per heavy atom. The van der Waals surface area contributed by atoms with E-state index in [1.807, 2.05) is 0 Å². The summed E-state index contributed by atoms with van der Waals surface area (Å²) in [6.07, 6.45) is 4.07. The summed E-state index contributed by atoms with van der Waals surface area (Å²) in [4.78, 5) is 5.31. The smallest absolute Gasteiger partial charge is 0.00884 e. The first kappa shape index (κ1) is 13.3. The molecule has 1 atom stereocenters. The number of nitrogens with one attached hydrogen (secondary N) is 1. The highest BCUT2D eigenvalue weighted by molar-refractivity contribution is 4.83. The van der Waals surface area contributed by atoms with Crippen LogP contribution in [-0.2, 0) is 0 Å². The maximum absolute atomic E-state index is 3.41. The monoisotopic (exact) mass is 239 g/mol. The molecule has 3 nitrogen and oxygen atoms in total. The van der Waals surface area contributed by atoms with E-state index in [-0.39, 0.29) is 0 Å². The molecule has 0 saturated carbocycles. The summed E-state index contributed by atoms with van der Waals surface area (Å²) in [5, 5.41) is 3.41. The van der Waals surface area contributed by atoms with Crippen LogP contribution in [0.2, 0.25) is 0 Å². The van der Waals surface area contributed by atoms with Crippen LogP contribution in [0.1, 0.15) is 33.1 Å². The van der Waals surface area contributed by atoms with Gasteiger partial charge in [-0.15, -0.1) is 0 Å². The van der Waals surface area contributed by atoms with Crippen LogP contribution in [0.3, 0.4) is 0 Å². The molecule has 17 heavy (non-hydrogen) atoms. The molecule has 2 aliphatic rings. The van der Waals surface area contributed by atoms with E-state index in [0.717, 1.165) is 18.0 Å². The van der Waals surface area contributed by atoms with E-state index in [2.05, 4.69) is 36.0 Å². The van der Waals surface area contributed by atoms with Crippen molar-refractivity contribution in [2.24, 2.45) is 5.92 Å². The molecule has 2 saturated heterocycles. The molecule has 100 valence electrons. The highest BCUT2D eigenvalue weighted by Gasteiger charge is 2.27. The minimum Gasteiger partial charge on any atom is -0.317 e. The lowest BCUT2D eigenvalue weighted by molar-refractivity contribution is 0.170. The van der Waals surface area contributed by atoms with Gasteiger partial charge in [0.15, 0.2) is 0 Å². The van der Waals surface area contributed by atoms with E-state index in [1.54, 1.807) is 0 Å². The van der Waals surface area contributed by atoms with Crippen molar-refractivity contribution in [3.63, 3.8) is 0 Å². The lowest BCUT2D eigenvalue weighted by atomic mass is 10.0. The van der Waals surface area contributed by atoms with Gasteiger partial charge in [-0.3, -0.25) is 0 Å². The van der Waals surface area contributed by atoms with Gasteiger partial charge in [0.05, 0.1) is 0 Å². The van der Waals surface area contributed by atoms with E-state index < -0.39 is 0 Å². The summed E-state index contributed by atoms with van der Waals surface area (Å²) in [6.45, 7) is 11.2. The summed E-state index contributed by atoms with van der Waals surface area (Å²) in [6, 6.07) is 1.50. The zero-order valence-electron chi connectivity index (χ0n) is 11.8.